The summed E-state index contributed by atoms with van der Waals surface area (Å²) in [5.74, 6) is 0. The predicted octanol–water partition coefficient (Wildman–Crippen LogP) is 2.19. The van der Waals surface area contributed by atoms with Gasteiger partial charge in [0.25, 0.3) is 0 Å². The van der Waals surface area contributed by atoms with Crippen LogP contribution in [0.2, 0.25) is 5.54 Å². The van der Waals surface area contributed by atoms with E-state index in [2.05, 4.69) is 26.5 Å². The van der Waals surface area contributed by atoms with Crippen molar-refractivity contribution in [3.8, 4) is 0 Å². The van der Waals surface area contributed by atoms with Gasteiger partial charge >= 0.3 is 0 Å². The van der Waals surface area contributed by atoms with Gasteiger partial charge in [-0.15, -0.1) is 0 Å². The molecule has 0 aromatic heterocycles. The minimum atomic E-state index is 0.951. The number of hydrogen-bond acceptors (Lipinski definition) is 1. The van der Waals surface area contributed by atoms with Crippen molar-refractivity contribution in [2.75, 3.05) is 5.38 Å². The first kappa shape index (κ1) is 8.57. The van der Waals surface area contributed by atoms with Gasteiger partial charge in [0.1, 0.15) is 0 Å². The van der Waals surface area contributed by atoms with E-state index >= 15 is 0 Å². The first-order valence-electron chi connectivity index (χ1n) is 3.19. The molecule has 0 N–H and O–H groups in total. The molecule has 2 heteroatoms. The standard InChI is InChI=1S/C6H14SSi/c1-3-6(4-2)8-5-7/h6-7H,3-5H2,1-2H3. The second-order valence-electron chi connectivity index (χ2n) is 1.88. The summed E-state index contributed by atoms with van der Waals surface area (Å²) in [6.45, 7) is 4.51. The molecule has 0 spiro atoms. The molecular weight excluding hydrogens is 132 g/mol. The fraction of sp³-hybridized carbons (Fsp3) is 1.00. The Balaban J connectivity index is 3.07. The van der Waals surface area contributed by atoms with Crippen LogP contribution in [0, 0.1) is 0 Å². The Hall–Kier alpha value is 0.567. The topological polar surface area (TPSA) is 0 Å². The summed E-state index contributed by atoms with van der Waals surface area (Å²) in [6, 6.07) is 0. The molecule has 0 aliphatic rings. The largest absolute Gasteiger partial charge is 0.183 e. The summed E-state index contributed by atoms with van der Waals surface area (Å²) in [5.41, 5.74) is 0.951. The summed E-state index contributed by atoms with van der Waals surface area (Å²) in [5, 5.41) is 1.08. The molecule has 0 fully saturated rings. The lowest BCUT2D eigenvalue weighted by molar-refractivity contribution is 0.760. The average Bonchev–Trinajstić information content (AvgIpc) is 1.83. The lowest BCUT2D eigenvalue weighted by Gasteiger charge is -2.06. The van der Waals surface area contributed by atoms with Crippen molar-refractivity contribution in [1.29, 1.82) is 0 Å². The SMILES string of the molecule is CCC(CC)[Si]CS. The number of hydrogen-bond donors (Lipinski definition) is 1. The summed E-state index contributed by atoms with van der Waals surface area (Å²) in [6.07, 6.45) is 2.66. The first-order valence-corrected chi connectivity index (χ1v) is 5.11. The Morgan fingerprint density at radius 1 is 1.38 bits per heavy atom. The van der Waals surface area contributed by atoms with Gasteiger partial charge < -0.3 is 0 Å². The van der Waals surface area contributed by atoms with Crippen LogP contribution >= 0.6 is 12.6 Å². The third-order valence-electron chi connectivity index (χ3n) is 1.37. The van der Waals surface area contributed by atoms with E-state index in [1.165, 1.54) is 12.8 Å². The van der Waals surface area contributed by atoms with Crippen LogP contribution in [0.15, 0.2) is 0 Å². The molecule has 48 valence electrons. The maximum absolute atomic E-state index is 4.18. The molecule has 0 saturated heterocycles. The van der Waals surface area contributed by atoms with Gasteiger partial charge in [-0.1, -0.05) is 26.7 Å². The van der Waals surface area contributed by atoms with Gasteiger partial charge in [0, 0.05) is 0 Å². The fourth-order valence-corrected chi connectivity index (χ4v) is 2.32. The van der Waals surface area contributed by atoms with Crippen LogP contribution in [0.1, 0.15) is 26.7 Å². The van der Waals surface area contributed by atoms with E-state index in [0.29, 0.717) is 0 Å². The Morgan fingerprint density at radius 3 is 2.00 bits per heavy atom. The lowest BCUT2D eigenvalue weighted by atomic mass is 10.3. The summed E-state index contributed by atoms with van der Waals surface area (Å²) in [7, 11) is 1.07. The van der Waals surface area contributed by atoms with Crippen LogP contribution in [0.25, 0.3) is 0 Å². The zero-order valence-corrected chi connectivity index (χ0v) is 7.54. The average molecular weight is 146 g/mol. The smallest absolute Gasteiger partial charge is 0.0538 e. The van der Waals surface area contributed by atoms with Crippen LogP contribution < -0.4 is 0 Å². The highest BCUT2D eigenvalue weighted by Crippen LogP contribution is 2.12. The Labute approximate surface area is 60.3 Å². The molecular formula is C6H14SSi. The Morgan fingerprint density at radius 2 is 1.88 bits per heavy atom. The van der Waals surface area contributed by atoms with Gasteiger partial charge in [-0.3, -0.25) is 0 Å². The summed E-state index contributed by atoms with van der Waals surface area (Å²) in [4.78, 5) is 0. The second-order valence-corrected chi connectivity index (χ2v) is 4.37. The molecule has 0 atom stereocenters. The van der Waals surface area contributed by atoms with Crippen molar-refractivity contribution in [3.05, 3.63) is 0 Å². The minimum Gasteiger partial charge on any atom is -0.183 e. The van der Waals surface area contributed by atoms with Crippen molar-refractivity contribution >= 4 is 22.1 Å². The van der Waals surface area contributed by atoms with Crippen LogP contribution in [0.5, 0.6) is 0 Å². The van der Waals surface area contributed by atoms with E-state index in [1.54, 1.807) is 0 Å². The molecule has 8 heavy (non-hydrogen) atoms. The highest BCUT2D eigenvalue weighted by Gasteiger charge is 2.00. The normalized spacial score (nSPS) is 10.5. The maximum Gasteiger partial charge on any atom is 0.0538 e. The first-order chi connectivity index (χ1) is 3.85. The highest BCUT2D eigenvalue weighted by atomic mass is 32.1. The zero-order chi connectivity index (χ0) is 6.41. The molecule has 0 aromatic rings. The van der Waals surface area contributed by atoms with Crippen molar-refractivity contribution in [2.45, 2.75) is 32.2 Å². The van der Waals surface area contributed by atoms with Crippen LogP contribution in [0.4, 0.5) is 0 Å². The van der Waals surface area contributed by atoms with Gasteiger partial charge in [-0.25, -0.2) is 0 Å². The van der Waals surface area contributed by atoms with Crippen molar-refractivity contribution in [1.82, 2.24) is 0 Å². The van der Waals surface area contributed by atoms with Crippen molar-refractivity contribution in [2.24, 2.45) is 0 Å². The van der Waals surface area contributed by atoms with Crippen LogP contribution in [0.3, 0.4) is 0 Å². The molecule has 0 amide bonds. The molecule has 0 aromatic carbocycles. The summed E-state index contributed by atoms with van der Waals surface area (Å²) >= 11 is 4.18. The van der Waals surface area contributed by atoms with E-state index in [1.807, 2.05) is 0 Å². The van der Waals surface area contributed by atoms with Crippen molar-refractivity contribution < 1.29 is 0 Å². The van der Waals surface area contributed by atoms with Crippen LogP contribution in [-0.2, 0) is 0 Å². The molecule has 2 radical (unpaired) electrons. The molecule has 0 unspecified atom stereocenters. The zero-order valence-electron chi connectivity index (χ0n) is 5.65. The monoisotopic (exact) mass is 146 g/mol. The van der Waals surface area contributed by atoms with Gasteiger partial charge in [-0.2, -0.15) is 12.6 Å². The number of rotatable bonds is 4. The van der Waals surface area contributed by atoms with E-state index < -0.39 is 0 Å². The molecule has 0 bridgehead atoms. The predicted molar refractivity (Wildman–Crippen MR) is 43.9 cm³/mol. The van der Waals surface area contributed by atoms with Gasteiger partial charge in [-0.05, 0) is 10.9 Å². The quantitative estimate of drug-likeness (QED) is 0.456. The van der Waals surface area contributed by atoms with Crippen LogP contribution in [-0.4, -0.2) is 14.9 Å². The van der Waals surface area contributed by atoms with E-state index in [4.69, 9.17) is 0 Å². The molecule has 0 rings (SSSR count). The number of thiol groups is 1. The third-order valence-corrected chi connectivity index (χ3v) is 3.49. The van der Waals surface area contributed by atoms with Gasteiger partial charge in [0.2, 0.25) is 0 Å². The molecule has 0 heterocycles. The second kappa shape index (κ2) is 5.70. The minimum absolute atomic E-state index is 0.951. The Bertz CT molecular complexity index is 43.8. The maximum atomic E-state index is 4.18. The van der Waals surface area contributed by atoms with Gasteiger partial charge in [0.15, 0.2) is 0 Å². The lowest BCUT2D eigenvalue weighted by Crippen LogP contribution is -2.02. The molecule has 0 nitrogen and oxygen atoms in total. The molecule has 0 saturated carbocycles. The van der Waals surface area contributed by atoms with E-state index in [9.17, 15) is 0 Å². The third kappa shape index (κ3) is 3.55. The summed E-state index contributed by atoms with van der Waals surface area (Å²) < 4.78 is 0. The van der Waals surface area contributed by atoms with E-state index in [0.717, 1.165) is 20.4 Å². The fourth-order valence-electron chi connectivity index (χ4n) is 0.706. The molecule has 0 aliphatic heterocycles. The highest BCUT2D eigenvalue weighted by molar-refractivity contribution is 7.81. The molecule has 0 aliphatic carbocycles. The van der Waals surface area contributed by atoms with Gasteiger partial charge in [0.05, 0.1) is 9.52 Å². The van der Waals surface area contributed by atoms with E-state index in [-0.39, 0.29) is 0 Å². The Kier molecular flexibility index (Phi) is 6.10. The van der Waals surface area contributed by atoms with Crippen molar-refractivity contribution in [3.63, 3.8) is 0 Å².